The van der Waals surface area contributed by atoms with E-state index < -0.39 is 0 Å². The number of aromatic nitrogens is 3. The second-order valence-electron chi connectivity index (χ2n) is 13.9. The van der Waals surface area contributed by atoms with E-state index in [9.17, 15) is 14.4 Å². The van der Waals surface area contributed by atoms with Crippen molar-refractivity contribution in [3.8, 4) is 39.4 Å². The van der Waals surface area contributed by atoms with Crippen LogP contribution in [0.4, 0.5) is 0 Å². The minimum Gasteiger partial charge on any atom is -0.474 e. The number of nitrogens with one attached hydrogen (secondary N) is 4. The van der Waals surface area contributed by atoms with Crippen LogP contribution in [0, 0.1) is 0 Å². The molecule has 2 amide bonds. The summed E-state index contributed by atoms with van der Waals surface area (Å²) in [6.07, 6.45) is 8.22. The Morgan fingerprint density at radius 3 is 2.02 bits per heavy atom. The smallest absolute Gasteiger partial charge is 0.262 e. The van der Waals surface area contributed by atoms with Crippen LogP contribution in [0.5, 0.6) is 5.88 Å². The highest BCUT2D eigenvalue weighted by molar-refractivity contribution is 6.39. The zero-order valence-electron chi connectivity index (χ0n) is 29.0. The van der Waals surface area contributed by atoms with Crippen LogP contribution < -0.4 is 31.6 Å². The number of rotatable bonds is 13. The number of halogens is 2. The molecule has 13 heteroatoms. The first-order valence-corrected chi connectivity index (χ1v) is 18.8. The van der Waals surface area contributed by atoms with E-state index in [0.717, 1.165) is 59.1 Å². The molecule has 4 N–H and O–H groups in total. The Kier molecular flexibility index (Phi) is 10.2. The van der Waals surface area contributed by atoms with Crippen molar-refractivity contribution in [3.05, 3.63) is 105 Å². The Morgan fingerprint density at radius 2 is 1.38 bits per heavy atom. The number of fused-ring (bicyclic) bond motifs is 1. The number of carbonyl (C=O) groups excluding carboxylic acids is 2. The van der Waals surface area contributed by atoms with Gasteiger partial charge in [0.25, 0.3) is 5.56 Å². The van der Waals surface area contributed by atoms with Gasteiger partial charge in [-0.25, -0.2) is 9.97 Å². The number of benzene rings is 2. The van der Waals surface area contributed by atoms with Gasteiger partial charge < -0.3 is 26.0 Å². The van der Waals surface area contributed by atoms with Crippen molar-refractivity contribution in [2.75, 3.05) is 13.1 Å². The molecule has 3 aromatic heterocycles. The molecule has 53 heavy (non-hydrogen) atoms. The molecule has 272 valence electrons. The van der Waals surface area contributed by atoms with Gasteiger partial charge in [0.2, 0.25) is 17.7 Å². The summed E-state index contributed by atoms with van der Waals surface area (Å²) >= 11 is 14.3. The fraction of sp³-hybridized carbons (Fsp3) is 0.325. The fourth-order valence-corrected chi connectivity index (χ4v) is 7.59. The van der Waals surface area contributed by atoms with Crippen molar-refractivity contribution in [1.82, 2.24) is 35.6 Å². The van der Waals surface area contributed by atoms with Gasteiger partial charge in [-0.1, -0.05) is 65.7 Å². The van der Waals surface area contributed by atoms with Gasteiger partial charge in [0.05, 0.1) is 15.7 Å². The van der Waals surface area contributed by atoms with E-state index >= 15 is 0 Å². The van der Waals surface area contributed by atoms with E-state index in [0.29, 0.717) is 71.9 Å². The van der Waals surface area contributed by atoms with Crippen molar-refractivity contribution in [3.63, 3.8) is 0 Å². The normalized spacial score (nSPS) is 18.4. The molecule has 0 radical (unpaired) electrons. The van der Waals surface area contributed by atoms with Crippen LogP contribution in [0.1, 0.15) is 49.7 Å². The Balaban J connectivity index is 1.02. The molecule has 3 fully saturated rings. The van der Waals surface area contributed by atoms with Crippen LogP contribution in [-0.4, -0.2) is 57.5 Å². The zero-order chi connectivity index (χ0) is 36.5. The lowest BCUT2D eigenvalue weighted by atomic mass is 9.97. The highest BCUT2D eigenvalue weighted by Crippen LogP contribution is 2.42. The Hall–Kier alpha value is -4.81. The van der Waals surface area contributed by atoms with Gasteiger partial charge >= 0.3 is 0 Å². The topological polar surface area (TPSA) is 139 Å². The minimum atomic E-state index is -0.157. The summed E-state index contributed by atoms with van der Waals surface area (Å²) in [5.41, 5.74) is 6.38. The van der Waals surface area contributed by atoms with Gasteiger partial charge in [0.1, 0.15) is 11.8 Å². The third-order valence-electron chi connectivity index (χ3n) is 9.98. The molecule has 11 nitrogen and oxygen atoms in total. The maximum atomic E-state index is 13.3. The predicted octanol–water partition coefficient (Wildman–Crippen LogP) is 5.67. The highest BCUT2D eigenvalue weighted by Gasteiger charge is 2.27. The van der Waals surface area contributed by atoms with Gasteiger partial charge in [0.15, 0.2) is 0 Å². The molecule has 2 aliphatic heterocycles. The van der Waals surface area contributed by atoms with E-state index in [4.69, 9.17) is 32.9 Å². The van der Waals surface area contributed by atoms with Crippen molar-refractivity contribution in [2.45, 2.75) is 69.8 Å². The largest absolute Gasteiger partial charge is 0.474 e. The standard InChI is InChI=1S/C40H39Cl2N7O4/c41-37-29(23-15-16-49-34(17-23)45-20-25(40(49)52)19-44-22-27-9-14-36(51)47-27)3-1-4-30(37)31-5-2-6-32(38(31)42)33-12-7-24(39(48-33)53-28-10-11-28)18-43-21-26-8-13-35(50)46-26/h1-7,12,15-17,20,26-28,43-44H,8-11,13-14,18-19,21-22H2,(H,46,50)(H,47,51). The average Bonchev–Trinajstić information content (AvgIpc) is 3.73. The molecular formula is C40H39Cl2N7O4. The van der Waals surface area contributed by atoms with Gasteiger partial charge in [-0.3, -0.25) is 18.8 Å². The summed E-state index contributed by atoms with van der Waals surface area (Å²) in [5.74, 6) is 0.748. The van der Waals surface area contributed by atoms with Crippen LogP contribution >= 0.6 is 23.2 Å². The predicted molar refractivity (Wildman–Crippen MR) is 205 cm³/mol. The number of ether oxygens (including phenoxy) is 1. The Bertz CT molecular complexity index is 2270. The summed E-state index contributed by atoms with van der Waals surface area (Å²) in [6, 6.07) is 19.5. The molecule has 2 saturated heterocycles. The first-order valence-electron chi connectivity index (χ1n) is 18.1. The molecule has 2 atom stereocenters. The van der Waals surface area contributed by atoms with Crippen molar-refractivity contribution < 1.29 is 14.3 Å². The number of pyridine rings is 2. The summed E-state index contributed by atoms with van der Waals surface area (Å²) in [6.45, 7) is 2.19. The lowest BCUT2D eigenvalue weighted by molar-refractivity contribution is -0.120. The molecule has 2 unspecified atom stereocenters. The average molecular weight is 753 g/mol. The number of hydrogen-bond donors (Lipinski definition) is 4. The van der Waals surface area contributed by atoms with Gasteiger partial charge in [-0.2, -0.15) is 0 Å². The van der Waals surface area contributed by atoms with E-state index in [1.807, 2.05) is 60.7 Å². The summed E-state index contributed by atoms with van der Waals surface area (Å²) in [4.78, 5) is 45.9. The van der Waals surface area contributed by atoms with Gasteiger partial charge in [0, 0.05) is 96.9 Å². The maximum Gasteiger partial charge on any atom is 0.262 e. The highest BCUT2D eigenvalue weighted by atomic mass is 35.5. The third kappa shape index (κ3) is 7.79. The third-order valence-corrected chi connectivity index (χ3v) is 10.8. The second-order valence-corrected chi connectivity index (χ2v) is 14.7. The van der Waals surface area contributed by atoms with Crippen molar-refractivity contribution >= 4 is 40.7 Å². The molecule has 5 aromatic rings. The molecule has 2 aromatic carbocycles. The quantitative estimate of drug-likeness (QED) is 0.121. The Morgan fingerprint density at radius 1 is 0.755 bits per heavy atom. The van der Waals surface area contributed by atoms with Crippen LogP contribution in [0.2, 0.25) is 10.0 Å². The molecule has 5 heterocycles. The van der Waals surface area contributed by atoms with Crippen LogP contribution in [-0.2, 0) is 22.7 Å². The van der Waals surface area contributed by atoms with E-state index in [2.05, 4.69) is 26.3 Å². The van der Waals surface area contributed by atoms with Crippen molar-refractivity contribution in [2.24, 2.45) is 0 Å². The fourth-order valence-electron chi connectivity index (χ4n) is 6.93. The molecule has 1 saturated carbocycles. The number of amides is 2. The lowest BCUT2D eigenvalue weighted by Crippen LogP contribution is -2.36. The van der Waals surface area contributed by atoms with Crippen LogP contribution in [0.3, 0.4) is 0 Å². The SMILES string of the molecule is O=C1CCC(CNCc2ccc(-c3cccc(-c4cccc(-c5ccn6c(=O)c(CNCC7CCC(=O)N7)cnc6c5)c4Cl)c3Cl)nc2OC2CC2)N1. The molecule has 8 rings (SSSR count). The zero-order valence-corrected chi connectivity index (χ0v) is 30.5. The Labute approximate surface area is 316 Å². The lowest BCUT2D eigenvalue weighted by Gasteiger charge is -2.16. The summed E-state index contributed by atoms with van der Waals surface area (Å²) in [7, 11) is 0. The van der Waals surface area contributed by atoms with E-state index in [1.165, 1.54) is 4.40 Å². The molecule has 0 bridgehead atoms. The number of nitrogens with zero attached hydrogens (tertiary/aromatic N) is 3. The van der Waals surface area contributed by atoms with Gasteiger partial charge in [-0.05, 0) is 49.4 Å². The van der Waals surface area contributed by atoms with Crippen LogP contribution in [0.25, 0.3) is 39.2 Å². The van der Waals surface area contributed by atoms with Crippen molar-refractivity contribution in [1.29, 1.82) is 0 Å². The number of hydrogen-bond acceptors (Lipinski definition) is 8. The van der Waals surface area contributed by atoms with E-state index in [-0.39, 0.29) is 35.6 Å². The first kappa shape index (κ1) is 35.2. The number of carbonyl (C=O) groups is 2. The summed E-state index contributed by atoms with van der Waals surface area (Å²) in [5, 5.41) is 13.7. The molecule has 3 aliphatic rings. The monoisotopic (exact) mass is 751 g/mol. The van der Waals surface area contributed by atoms with Crippen LogP contribution in [0.15, 0.2) is 77.9 Å². The van der Waals surface area contributed by atoms with Gasteiger partial charge in [-0.15, -0.1) is 0 Å². The second kappa shape index (κ2) is 15.3. The minimum absolute atomic E-state index is 0.0625. The molecule has 0 spiro atoms. The first-order chi connectivity index (χ1) is 25.8. The summed E-state index contributed by atoms with van der Waals surface area (Å²) < 4.78 is 7.78. The van der Waals surface area contributed by atoms with E-state index in [1.54, 1.807) is 12.4 Å². The molecule has 1 aliphatic carbocycles. The molecular weight excluding hydrogens is 713 g/mol. The maximum absolute atomic E-state index is 13.3.